The third kappa shape index (κ3) is 11.0. The molecule has 0 bridgehead atoms. The molecular weight excluding hydrogens is 348 g/mol. The van der Waals surface area contributed by atoms with E-state index in [-0.39, 0.29) is 35.6 Å². The molecule has 2 N–H and O–H groups in total. The summed E-state index contributed by atoms with van der Waals surface area (Å²) in [6, 6.07) is 9.48. The summed E-state index contributed by atoms with van der Waals surface area (Å²) in [5.41, 5.74) is 0.976. The Labute approximate surface area is 158 Å². The van der Waals surface area contributed by atoms with Gasteiger partial charge in [0.1, 0.15) is 11.6 Å². The lowest BCUT2D eigenvalue weighted by Crippen LogP contribution is -2.17. The van der Waals surface area contributed by atoms with E-state index < -0.39 is 17.9 Å². The van der Waals surface area contributed by atoms with Gasteiger partial charge in [-0.05, 0) is 25.5 Å². The first-order valence-electron chi connectivity index (χ1n) is 8.10. The zero-order chi connectivity index (χ0) is 21.0. The fraction of sp³-hybridized carbons (Fsp3) is 0.238. The average Bonchev–Trinajstić information content (AvgIpc) is 2.58. The lowest BCUT2D eigenvalue weighted by Gasteiger charge is -2.13. The number of hydrogen-bond donors (Lipinski definition) is 2. The quantitative estimate of drug-likeness (QED) is 0.507. The SMILES string of the molecule is C=C(C(=O)O)C(CC(C)=O)CC(C)=O.C=C(C=Cc1ccccc1)C(=O)O. The molecule has 0 aliphatic rings. The molecule has 0 radical (unpaired) electrons. The number of Topliss-reactive ketones (excluding diaryl/α,β-unsaturated/α-hetero) is 2. The topological polar surface area (TPSA) is 109 Å². The summed E-state index contributed by atoms with van der Waals surface area (Å²) in [4.78, 5) is 42.6. The van der Waals surface area contributed by atoms with Crippen LogP contribution >= 0.6 is 0 Å². The van der Waals surface area contributed by atoms with Crippen molar-refractivity contribution in [2.45, 2.75) is 26.7 Å². The van der Waals surface area contributed by atoms with Gasteiger partial charge in [-0.3, -0.25) is 0 Å². The Hall–Kier alpha value is -3.28. The van der Waals surface area contributed by atoms with Crippen molar-refractivity contribution in [3.8, 4) is 0 Å². The maximum atomic E-state index is 10.8. The van der Waals surface area contributed by atoms with Crippen molar-refractivity contribution in [3.63, 3.8) is 0 Å². The van der Waals surface area contributed by atoms with Crippen LogP contribution in [0.25, 0.3) is 6.08 Å². The normalized spacial score (nSPS) is 10.0. The Morgan fingerprint density at radius 3 is 1.78 bits per heavy atom. The fourth-order valence-corrected chi connectivity index (χ4v) is 2.02. The van der Waals surface area contributed by atoms with E-state index >= 15 is 0 Å². The number of ketones is 2. The second-order valence-corrected chi connectivity index (χ2v) is 5.91. The number of carbonyl (C=O) groups excluding carboxylic acids is 2. The largest absolute Gasteiger partial charge is 0.478 e. The van der Waals surface area contributed by atoms with Crippen LogP contribution in [0.1, 0.15) is 32.3 Å². The van der Waals surface area contributed by atoms with Crippen LogP contribution in [0.15, 0.2) is 60.7 Å². The molecule has 0 atom stereocenters. The van der Waals surface area contributed by atoms with Gasteiger partial charge in [0.25, 0.3) is 0 Å². The minimum atomic E-state index is -1.16. The van der Waals surface area contributed by atoms with Crippen LogP contribution in [-0.2, 0) is 19.2 Å². The van der Waals surface area contributed by atoms with Crippen molar-refractivity contribution >= 4 is 29.6 Å². The van der Waals surface area contributed by atoms with Gasteiger partial charge in [-0.15, -0.1) is 0 Å². The summed E-state index contributed by atoms with van der Waals surface area (Å²) in [7, 11) is 0. The van der Waals surface area contributed by atoms with Crippen LogP contribution in [0.5, 0.6) is 0 Å². The Balaban J connectivity index is 0.000000501. The highest BCUT2D eigenvalue weighted by molar-refractivity contribution is 5.90. The number of carbonyl (C=O) groups is 4. The van der Waals surface area contributed by atoms with Gasteiger partial charge in [0.2, 0.25) is 0 Å². The molecule has 27 heavy (non-hydrogen) atoms. The van der Waals surface area contributed by atoms with Crippen LogP contribution in [0, 0.1) is 5.92 Å². The Bertz CT molecular complexity index is 727. The summed E-state index contributed by atoms with van der Waals surface area (Å²) in [6.07, 6.45) is 3.32. The molecule has 0 aliphatic carbocycles. The summed E-state index contributed by atoms with van der Waals surface area (Å²) in [5.74, 6) is -3.00. The summed E-state index contributed by atoms with van der Waals surface area (Å²) in [6.45, 7) is 9.47. The van der Waals surface area contributed by atoms with Gasteiger partial charge >= 0.3 is 11.9 Å². The molecule has 0 unspecified atom stereocenters. The predicted octanol–water partition coefficient (Wildman–Crippen LogP) is 3.54. The average molecular weight is 372 g/mol. The monoisotopic (exact) mass is 372 g/mol. The van der Waals surface area contributed by atoms with Crippen molar-refractivity contribution in [2.75, 3.05) is 0 Å². The van der Waals surface area contributed by atoms with Gasteiger partial charge in [0.15, 0.2) is 0 Å². The van der Waals surface area contributed by atoms with E-state index in [0.29, 0.717) is 0 Å². The molecule has 0 saturated carbocycles. The first-order chi connectivity index (χ1) is 12.5. The summed E-state index contributed by atoms with van der Waals surface area (Å²) in [5, 5.41) is 17.2. The molecule has 6 nitrogen and oxygen atoms in total. The lowest BCUT2D eigenvalue weighted by atomic mass is 9.90. The van der Waals surface area contributed by atoms with Gasteiger partial charge in [-0.25, -0.2) is 9.59 Å². The first kappa shape index (κ1) is 23.7. The van der Waals surface area contributed by atoms with Gasteiger partial charge in [-0.2, -0.15) is 0 Å². The van der Waals surface area contributed by atoms with E-state index in [0.717, 1.165) is 5.56 Å². The molecule has 0 aliphatic heterocycles. The van der Waals surface area contributed by atoms with Gasteiger partial charge in [0, 0.05) is 24.3 Å². The molecule has 0 fully saturated rings. The molecular formula is C21H24O6. The Morgan fingerprint density at radius 2 is 1.41 bits per heavy atom. The molecule has 0 saturated heterocycles. The van der Waals surface area contributed by atoms with E-state index in [1.54, 1.807) is 6.08 Å². The zero-order valence-corrected chi connectivity index (χ0v) is 15.5. The van der Waals surface area contributed by atoms with E-state index in [4.69, 9.17) is 10.2 Å². The first-order valence-corrected chi connectivity index (χ1v) is 8.10. The predicted molar refractivity (Wildman–Crippen MR) is 103 cm³/mol. The van der Waals surface area contributed by atoms with Crippen LogP contribution < -0.4 is 0 Å². The van der Waals surface area contributed by atoms with Crippen molar-refractivity contribution < 1.29 is 29.4 Å². The molecule has 1 rings (SSSR count). The molecule has 6 heteroatoms. The van der Waals surface area contributed by atoms with Crippen molar-refractivity contribution in [3.05, 3.63) is 66.3 Å². The maximum absolute atomic E-state index is 10.8. The molecule has 0 heterocycles. The second-order valence-electron chi connectivity index (χ2n) is 5.91. The van der Waals surface area contributed by atoms with Crippen molar-refractivity contribution in [1.29, 1.82) is 0 Å². The van der Waals surface area contributed by atoms with E-state index in [1.165, 1.54) is 19.9 Å². The number of aliphatic carboxylic acids is 2. The van der Waals surface area contributed by atoms with Crippen LogP contribution in [0.4, 0.5) is 0 Å². The number of carboxylic acids is 2. The number of benzene rings is 1. The number of carboxylic acid groups (broad SMARTS) is 2. The van der Waals surface area contributed by atoms with Crippen molar-refractivity contribution in [2.24, 2.45) is 5.92 Å². The standard InChI is InChI=1S/C11H10O2.C10H14O4/c1-9(11(12)13)7-8-10-5-3-2-4-6-10;1-6(11)4-9(5-7(2)12)8(3)10(13)14/h2-8H,1H2,(H,12,13);9H,3-5H2,1-2H3,(H,13,14). The van der Waals surface area contributed by atoms with Gasteiger partial charge in [-0.1, -0.05) is 49.6 Å². The Morgan fingerprint density at radius 1 is 0.926 bits per heavy atom. The molecule has 0 amide bonds. The van der Waals surface area contributed by atoms with Gasteiger partial charge in [0.05, 0.1) is 5.57 Å². The van der Waals surface area contributed by atoms with E-state index in [2.05, 4.69) is 13.2 Å². The van der Waals surface area contributed by atoms with Crippen LogP contribution in [0.3, 0.4) is 0 Å². The summed E-state index contributed by atoms with van der Waals surface area (Å²) >= 11 is 0. The number of rotatable bonds is 9. The highest BCUT2D eigenvalue weighted by Crippen LogP contribution is 2.19. The Kier molecular flexibility index (Phi) is 10.7. The molecule has 1 aromatic rings. The van der Waals surface area contributed by atoms with Crippen LogP contribution in [0.2, 0.25) is 0 Å². The van der Waals surface area contributed by atoms with Gasteiger partial charge < -0.3 is 19.8 Å². The third-order valence-corrected chi connectivity index (χ3v) is 3.39. The molecule has 0 spiro atoms. The fourth-order valence-electron chi connectivity index (χ4n) is 2.02. The minimum absolute atomic E-state index is 0.0602. The lowest BCUT2D eigenvalue weighted by molar-refractivity contribution is -0.134. The smallest absolute Gasteiger partial charge is 0.335 e. The molecule has 0 aromatic heterocycles. The highest BCUT2D eigenvalue weighted by Gasteiger charge is 2.21. The van der Waals surface area contributed by atoms with Crippen LogP contribution in [-0.4, -0.2) is 33.7 Å². The molecule has 1 aromatic carbocycles. The zero-order valence-electron chi connectivity index (χ0n) is 15.5. The second kappa shape index (κ2) is 12.1. The number of hydrogen-bond acceptors (Lipinski definition) is 4. The maximum Gasteiger partial charge on any atom is 0.335 e. The minimum Gasteiger partial charge on any atom is -0.478 e. The third-order valence-electron chi connectivity index (χ3n) is 3.39. The highest BCUT2D eigenvalue weighted by atomic mass is 16.4. The van der Waals surface area contributed by atoms with Crippen molar-refractivity contribution in [1.82, 2.24) is 0 Å². The van der Waals surface area contributed by atoms with E-state index in [9.17, 15) is 19.2 Å². The molecule has 144 valence electrons. The van der Waals surface area contributed by atoms with E-state index in [1.807, 2.05) is 30.3 Å². The summed E-state index contributed by atoms with van der Waals surface area (Å²) < 4.78 is 0.